The number of rotatable bonds is 4. The van der Waals surface area contributed by atoms with E-state index in [0.29, 0.717) is 39.0 Å². The van der Waals surface area contributed by atoms with E-state index in [-0.39, 0.29) is 23.8 Å². The molecule has 3 N–H and O–H groups in total. The standard InChI is InChI=1S/C20H29N5O3/c1-15(19(27)24-9-7-16(8-10-24)18(21)26)22-20(28)25-13-11-23(12-14-25)17-5-3-2-4-6-17/h2-6,15-16H,7-14H2,1H3,(H2,21,26)(H,22,28). The molecule has 152 valence electrons. The first kappa shape index (κ1) is 20.0. The van der Waals surface area contributed by atoms with Crippen molar-refractivity contribution in [1.29, 1.82) is 0 Å². The lowest BCUT2D eigenvalue weighted by molar-refractivity contribution is -0.136. The monoisotopic (exact) mass is 387 g/mol. The average Bonchev–Trinajstić information content (AvgIpc) is 2.74. The van der Waals surface area contributed by atoms with Crippen molar-refractivity contribution in [2.45, 2.75) is 25.8 Å². The Labute approximate surface area is 165 Å². The fraction of sp³-hybridized carbons (Fsp3) is 0.550. The van der Waals surface area contributed by atoms with Crippen molar-refractivity contribution in [3.63, 3.8) is 0 Å². The first-order valence-corrected chi connectivity index (χ1v) is 9.89. The third kappa shape index (κ3) is 4.74. The van der Waals surface area contributed by atoms with Gasteiger partial charge in [0.25, 0.3) is 0 Å². The van der Waals surface area contributed by atoms with Crippen molar-refractivity contribution in [2.75, 3.05) is 44.2 Å². The van der Waals surface area contributed by atoms with Crippen molar-refractivity contribution in [1.82, 2.24) is 15.1 Å². The Morgan fingerprint density at radius 3 is 2.14 bits per heavy atom. The van der Waals surface area contributed by atoms with Crippen molar-refractivity contribution >= 4 is 23.5 Å². The lowest BCUT2D eigenvalue weighted by atomic mass is 9.96. The molecule has 2 fully saturated rings. The third-order valence-corrected chi connectivity index (χ3v) is 5.61. The van der Waals surface area contributed by atoms with Gasteiger partial charge in [-0.05, 0) is 31.9 Å². The second-order valence-corrected chi connectivity index (χ2v) is 7.48. The summed E-state index contributed by atoms with van der Waals surface area (Å²) in [5.41, 5.74) is 6.49. The first-order valence-electron chi connectivity index (χ1n) is 9.89. The molecular formula is C20H29N5O3. The van der Waals surface area contributed by atoms with E-state index in [0.717, 1.165) is 18.8 Å². The number of hydrogen-bond acceptors (Lipinski definition) is 4. The minimum Gasteiger partial charge on any atom is -0.369 e. The maximum Gasteiger partial charge on any atom is 0.318 e. The number of carbonyl (C=O) groups excluding carboxylic acids is 3. The Balaban J connectivity index is 1.44. The molecule has 0 bridgehead atoms. The molecule has 2 aliphatic rings. The molecule has 2 saturated heterocycles. The van der Waals surface area contributed by atoms with Crippen molar-refractivity contribution < 1.29 is 14.4 Å². The van der Waals surface area contributed by atoms with Gasteiger partial charge in [0.15, 0.2) is 0 Å². The summed E-state index contributed by atoms with van der Waals surface area (Å²) in [5.74, 6) is -0.572. The van der Waals surface area contributed by atoms with E-state index >= 15 is 0 Å². The number of carbonyl (C=O) groups is 3. The minimum absolute atomic E-state index is 0.112. The van der Waals surface area contributed by atoms with Gasteiger partial charge in [0.1, 0.15) is 6.04 Å². The van der Waals surface area contributed by atoms with E-state index < -0.39 is 6.04 Å². The molecule has 8 nitrogen and oxygen atoms in total. The smallest absolute Gasteiger partial charge is 0.318 e. The van der Waals surface area contributed by atoms with Crippen LogP contribution in [0.3, 0.4) is 0 Å². The Morgan fingerprint density at radius 2 is 1.57 bits per heavy atom. The second-order valence-electron chi connectivity index (χ2n) is 7.48. The number of piperazine rings is 1. The van der Waals surface area contributed by atoms with Gasteiger partial charge in [-0.2, -0.15) is 0 Å². The number of primary amides is 1. The van der Waals surface area contributed by atoms with Gasteiger partial charge >= 0.3 is 6.03 Å². The Morgan fingerprint density at radius 1 is 0.964 bits per heavy atom. The predicted octanol–water partition coefficient (Wildman–Crippen LogP) is 0.631. The van der Waals surface area contributed by atoms with Gasteiger partial charge in [-0.25, -0.2) is 4.79 Å². The molecule has 0 radical (unpaired) electrons. The summed E-state index contributed by atoms with van der Waals surface area (Å²) >= 11 is 0. The van der Waals surface area contributed by atoms with Crippen LogP contribution in [0.1, 0.15) is 19.8 Å². The SMILES string of the molecule is CC(NC(=O)N1CCN(c2ccccc2)CC1)C(=O)N1CCC(C(N)=O)CC1. The first-order chi connectivity index (χ1) is 13.5. The van der Waals surface area contributed by atoms with Gasteiger partial charge in [0.2, 0.25) is 11.8 Å². The number of benzene rings is 1. The quantitative estimate of drug-likeness (QED) is 0.792. The van der Waals surface area contributed by atoms with Gasteiger partial charge in [-0.1, -0.05) is 18.2 Å². The van der Waals surface area contributed by atoms with E-state index in [4.69, 9.17) is 5.73 Å². The fourth-order valence-electron chi connectivity index (χ4n) is 3.80. The summed E-state index contributed by atoms with van der Waals surface area (Å²) < 4.78 is 0. The Bertz CT molecular complexity index is 695. The van der Waals surface area contributed by atoms with Gasteiger partial charge < -0.3 is 25.8 Å². The number of nitrogens with two attached hydrogens (primary N) is 1. The van der Waals surface area contributed by atoms with Gasteiger partial charge in [0.05, 0.1) is 0 Å². The zero-order valence-corrected chi connectivity index (χ0v) is 16.3. The third-order valence-electron chi connectivity index (χ3n) is 5.61. The average molecular weight is 387 g/mol. The van der Waals surface area contributed by atoms with Crippen molar-refractivity contribution in [3.05, 3.63) is 30.3 Å². The van der Waals surface area contributed by atoms with Crippen LogP contribution in [0, 0.1) is 5.92 Å². The summed E-state index contributed by atoms with van der Waals surface area (Å²) in [4.78, 5) is 42.1. The summed E-state index contributed by atoms with van der Waals surface area (Å²) in [6, 6.07) is 9.34. The van der Waals surface area contributed by atoms with E-state index in [1.54, 1.807) is 16.7 Å². The highest BCUT2D eigenvalue weighted by atomic mass is 16.2. The molecule has 28 heavy (non-hydrogen) atoms. The largest absolute Gasteiger partial charge is 0.369 e. The van der Waals surface area contributed by atoms with Crippen LogP contribution < -0.4 is 16.0 Å². The summed E-state index contributed by atoms with van der Waals surface area (Å²) in [6.45, 7) is 5.48. The zero-order valence-electron chi connectivity index (χ0n) is 16.3. The van der Waals surface area contributed by atoms with Gasteiger partial charge in [0, 0.05) is 50.9 Å². The molecule has 0 saturated carbocycles. The van der Waals surface area contributed by atoms with Crippen LogP contribution in [0.4, 0.5) is 10.5 Å². The van der Waals surface area contributed by atoms with E-state index in [1.807, 2.05) is 18.2 Å². The van der Waals surface area contributed by atoms with E-state index in [2.05, 4.69) is 22.3 Å². The van der Waals surface area contributed by atoms with Crippen LogP contribution >= 0.6 is 0 Å². The number of piperidine rings is 1. The molecule has 2 aliphatic heterocycles. The number of likely N-dealkylation sites (tertiary alicyclic amines) is 1. The van der Waals surface area contributed by atoms with E-state index in [1.165, 1.54) is 0 Å². The molecule has 2 heterocycles. The number of para-hydroxylation sites is 1. The number of anilines is 1. The van der Waals surface area contributed by atoms with Gasteiger partial charge in [-0.15, -0.1) is 0 Å². The molecule has 0 aliphatic carbocycles. The predicted molar refractivity (Wildman–Crippen MR) is 107 cm³/mol. The second kappa shape index (κ2) is 8.95. The molecule has 8 heteroatoms. The van der Waals surface area contributed by atoms with Crippen LogP contribution in [0.25, 0.3) is 0 Å². The number of nitrogens with one attached hydrogen (secondary N) is 1. The molecule has 3 rings (SSSR count). The van der Waals surface area contributed by atoms with Gasteiger partial charge in [-0.3, -0.25) is 9.59 Å². The summed E-state index contributed by atoms with van der Waals surface area (Å²) in [5, 5.41) is 2.82. The lowest BCUT2D eigenvalue weighted by Crippen LogP contribution is -2.56. The summed E-state index contributed by atoms with van der Waals surface area (Å²) in [6.07, 6.45) is 1.17. The molecular weight excluding hydrogens is 358 g/mol. The Kier molecular flexibility index (Phi) is 6.38. The molecule has 1 aromatic carbocycles. The van der Waals surface area contributed by atoms with Crippen LogP contribution in [-0.4, -0.2) is 73.0 Å². The summed E-state index contributed by atoms with van der Waals surface area (Å²) in [7, 11) is 0. The van der Waals surface area contributed by atoms with Crippen LogP contribution in [0.5, 0.6) is 0 Å². The molecule has 1 atom stereocenters. The molecule has 4 amide bonds. The molecule has 0 spiro atoms. The minimum atomic E-state index is -0.593. The normalized spacial score (nSPS) is 19.2. The maximum atomic E-state index is 12.6. The highest BCUT2D eigenvalue weighted by Gasteiger charge is 2.30. The fourth-order valence-corrected chi connectivity index (χ4v) is 3.80. The maximum absolute atomic E-state index is 12.6. The van der Waals surface area contributed by atoms with Crippen LogP contribution in [0.2, 0.25) is 0 Å². The zero-order chi connectivity index (χ0) is 20.1. The number of hydrogen-bond donors (Lipinski definition) is 2. The van der Waals surface area contributed by atoms with Crippen molar-refractivity contribution in [3.8, 4) is 0 Å². The van der Waals surface area contributed by atoms with Crippen LogP contribution in [-0.2, 0) is 9.59 Å². The molecule has 1 unspecified atom stereocenters. The Hall–Kier alpha value is -2.77. The number of urea groups is 1. The highest BCUT2D eigenvalue weighted by Crippen LogP contribution is 2.18. The topological polar surface area (TPSA) is 99.0 Å². The molecule has 1 aromatic rings. The number of nitrogens with zero attached hydrogens (tertiary/aromatic N) is 3. The van der Waals surface area contributed by atoms with Crippen molar-refractivity contribution in [2.24, 2.45) is 11.7 Å². The number of amides is 4. The van der Waals surface area contributed by atoms with E-state index in [9.17, 15) is 14.4 Å². The molecule has 0 aromatic heterocycles. The van der Waals surface area contributed by atoms with Crippen LogP contribution in [0.15, 0.2) is 30.3 Å². The lowest BCUT2D eigenvalue weighted by Gasteiger charge is -2.37. The highest BCUT2D eigenvalue weighted by molar-refractivity contribution is 5.87.